The molecule has 1 amide bonds. The molecule has 112 valence electrons. The second kappa shape index (κ2) is 8.78. The Balaban J connectivity index is 0.00000200. The Morgan fingerprint density at radius 1 is 1.50 bits per heavy atom. The van der Waals surface area contributed by atoms with Crippen molar-refractivity contribution in [3.63, 3.8) is 0 Å². The molecular weight excluding hydrogens is 315 g/mol. The highest BCUT2D eigenvalue weighted by Crippen LogP contribution is 2.26. The quantitative estimate of drug-likeness (QED) is 0.831. The van der Waals surface area contributed by atoms with E-state index < -0.39 is 0 Å². The summed E-state index contributed by atoms with van der Waals surface area (Å²) in [6.45, 7) is 4.12. The predicted molar refractivity (Wildman–Crippen MR) is 88.0 cm³/mol. The van der Waals surface area contributed by atoms with E-state index in [1.807, 2.05) is 24.3 Å². The number of amides is 1. The summed E-state index contributed by atoms with van der Waals surface area (Å²) in [4.78, 5) is 12.9. The molecule has 1 aliphatic heterocycles. The molecule has 20 heavy (non-hydrogen) atoms. The van der Waals surface area contributed by atoms with Crippen LogP contribution in [0.25, 0.3) is 0 Å². The summed E-state index contributed by atoms with van der Waals surface area (Å²) in [6, 6.07) is 7.90. The van der Waals surface area contributed by atoms with Gasteiger partial charge in [0.05, 0.1) is 10.8 Å². The number of halogens is 2. The highest BCUT2D eigenvalue weighted by molar-refractivity contribution is 8.00. The number of carbonyl (C=O) groups is 1. The Morgan fingerprint density at radius 2 is 2.25 bits per heavy atom. The summed E-state index contributed by atoms with van der Waals surface area (Å²) in [5.74, 6) is 0.993. The fourth-order valence-electron chi connectivity index (χ4n) is 2.18. The molecule has 3 nitrogen and oxygen atoms in total. The third-order valence-corrected chi connectivity index (χ3v) is 4.84. The van der Waals surface area contributed by atoms with Gasteiger partial charge in [0.1, 0.15) is 0 Å². The average molecular weight is 335 g/mol. The van der Waals surface area contributed by atoms with Crippen molar-refractivity contribution in [1.82, 2.24) is 10.6 Å². The van der Waals surface area contributed by atoms with E-state index in [4.69, 9.17) is 11.6 Å². The molecule has 1 saturated heterocycles. The van der Waals surface area contributed by atoms with E-state index in [1.54, 1.807) is 0 Å². The van der Waals surface area contributed by atoms with Gasteiger partial charge in [0, 0.05) is 10.9 Å². The molecule has 0 aromatic heterocycles. The number of hydrogen-bond donors (Lipinski definition) is 2. The summed E-state index contributed by atoms with van der Waals surface area (Å²) in [6.07, 6.45) is 1.00. The summed E-state index contributed by atoms with van der Waals surface area (Å²) < 4.78 is 0. The normalized spacial score (nSPS) is 21.9. The van der Waals surface area contributed by atoms with E-state index in [-0.39, 0.29) is 18.3 Å². The Kier molecular flexibility index (Phi) is 7.74. The van der Waals surface area contributed by atoms with Crippen LogP contribution in [-0.2, 0) is 4.79 Å². The Labute approximate surface area is 135 Å². The van der Waals surface area contributed by atoms with Crippen molar-refractivity contribution < 1.29 is 4.79 Å². The molecule has 1 aromatic rings. The van der Waals surface area contributed by atoms with Crippen LogP contribution in [0.3, 0.4) is 0 Å². The van der Waals surface area contributed by atoms with Gasteiger partial charge in [-0.15, -0.1) is 24.2 Å². The van der Waals surface area contributed by atoms with Gasteiger partial charge in [-0.3, -0.25) is 4.79 Å². The lowest BCUT2D eigenvalue weighted by atomic mass is 9.95. The lowest BCUT2D eigenvalue weighted by Crippen LogP contribution is -2.48. The summed E-state index contributed by atoms with van der Waals surface area (Å²) in [5.41, 5.74) is 0. The largest absolute Gasteiger partial charge is 0.352 e. The van der Waals surface area contributed by atoms with Crippen LogP contribution in [0.4, 0.5) is 0 Å². The second-order valence-electron chi connectivity index (χ2n) is 4.86. The smallest absolute Gasteiger partial charge is 0.230 e. The number of thioether (sulfide) groups is 1. The lowest BCUT2D eigenvalue weighted by Gasteiger charge is -2.30. The Hall–Kier alpha value is -0.420. The van der Waals surface area contributed by atoms with Crippen molar-refractivity contribution in [2.75, 3.05) is 18.8 Å². The van der Waals surface area contributed by atoms with Crippen LogP contribution < -0.4 is 10.6 Å². The van der Waals surface area contributed by atoms with E-state index in [0.29, 0.717) is 22.7 Å². The van der Waals surface area contributed by atoms with E-state index in [2.05, 4.69) is 17.6 Å². The molecule has 2 atom stereocenters. The molecule has 2 N–H and O–H groups in total. The fourth-order valence-corrected chi connectivity index (χ4v) is 3.23. The van der Waals surface area contributed by atoms with Gasteiger partial charge in [0.2, 0.25) is 5.91 Å². The zero-order chi connectivity index (χ0) is 13.7. The molecule has 1 heterocycles. The molecule has 1 aromatic carbocycles. The van der Waals surface area contributed by atoms with Gasteiger partial charge in [0.25, 0.3) is 0 Å². The number of carbonyl (C=O) groups excluding carboxylic acids is 1. The number of hydrogen-bond acceptors (Lipinski definition) is 3. The van der Waals surface area contributed by atoms with E-state index in [1.165, 1.54) is 11.8 Å². The highest BCUT2D eigenvalue weighted by atomic mass is 35.5. The van der Waals surface area contributed by atoms with Gasteiger partial charge in [0.15, 0.2) is 0 Å². The van der Waals surface area contributed by atoms with Gasteiger partial charge in [-0.1, -0.05) is 30.7 Å². The van der Waals surface area contributed by atoms with Crippen LogP contribution in [-0.4, -0.2) is 30.8 Å². The standard InChI is InChI=1S/C14H19ClN2OS.ClH/c1-10-8-16-7-6-12(10)17-14(18)9-19-13-5-3-2-4-11(13)15;/h2-5,10,12,16H,6-9H2,1H3,(H,17,18);1H. The molecule has 2 rings (SSSR count). The maximum atomic E-state index is 11.9. The Morgan fingerprint density at radius 3 is 2.95 bits per heavy atom. The minimum Gasteiger partial charge on any atom is -0.352 e. The van der Waals surface area contributed by atoms with E-state index in [0.717, 1.165) is 24.4 Å². The van der Waals surface area contributed by atoms with Crippen LogP contribution in [0, 0.1) is 5.92 Å². The molecule has 0 bridgehead atoms. The van der Waals surface area contributed by atoms with Crippen LogP contribution in [0.1, 0.15) is 13.3 Å². The van der Waals surface area contributed by atoms with Crippen LogP contribution in [0.2, 0.25) is 5.02 Å². The molecule has 1 aliphatic rings. The Bertz CT molecular complexity index is 445. The first-order valence-electron chi connectivity index (χ1n) is 6.54. The van der Waals surface area contributed by atoms with Crippen molar-refractivity contribution in [1.29, 1.82) is 0 Å². The van der Waals surface area contributed by atoms with Crippen LogP contribution >= 0.6 is 35.8 Å². The van der Waals surface area contributed by atoms with Crippen LogP contribution in [0.15, 0.2) is 29.2 Å². The minimum atomic E-state index is 0. The van der Waals surface area contributed by atoms with Gasteiger partial charge in [-0.2, -0.15) is 0 Å². The van der Waals surface area contributed by atoms with Crippen molar-refractivity contribution in [3.05, 3.63) is 29.3 Å². The lowest BCUT2D eigenvalue weighted by molar-refractivity contribution is -0.119. The first-order chi connectivity index (χ1) is 9.16. The van der Waals surface area contributed by atoms with Gasteiger partial charge in [-0.25, -0.2) is 0 Å². The zero-order valence-corrected chi connectivity index (χ0v) is 13.8. The third kappa shape index (κ3) is 5.17. The summed E-state index contributed by atoms with van der Waals surface area (Å²) in [7, 11) is 0. The average Bonchev–Trinajstić information content (AvgIpc) is 2.40. The number of rotatable bonds is 4. The van der Waals surface area contributed by atoms with Crippen molar-refractivity contribution in [2.24, 2.45) is 5.92 Å². The minimum absolute atomic E-state index is 0. The number of benzene rings is 1. The van der Waals surface area contributed by atoms with Gasteiger partial charge in [-0.05, 0) is 37.6 Å². The van der Waals surface area contributed by atoms with Gasteiger partial charge >= 0.3 is 0 Å². The van der Waals surface area contributed by atoms with E-state index >= 15 is 0 Å². The van der Waals surface area contributed by atoms with Crippen LogP contribution in [0.5, 0.6) is 0 Å². The van der Waals surface area contributed by atoms with Crippen molar-refractivity contribution in [2.45, 2.75) is 24.3 Å². The number of piperidine rings is 1. The molecule has 0 radical (unpaired) electrons. The van der Waals surface area contributed by atoms with E-state index in [9.17, 15) is 4.79 Å². The molecule has 1 fully saturated rings. The first-order valence-corrected chi connectivity index (χ1v) is 7.90. The summed E-state index contributed by atoms with van der Waals surface area (Å²) in [5, 5.41) is 7.15. The predicted octanol–water partition coefficient (Wildman–Crippen LogP) is 2.97. The second-order valence-corrected chi connectivity index (χ2v) is 6.29. The third-order valence-electron chi connectivity index (χ3n) is 3.33. The molecule has 0 spiro atoms. The molecule has 2 unspecified atom stereocenters. The maximum absolute atomic E-state index is 11.9. The maximum Gasteiger partial charge on any atom is 0.230 e. The van der Waals surface area contributed by atoms with Gasteiger partial charge < -0.3 is 10.6 Å². The SMILES string of the molecule is CC1CNCCC1NC(=O)CSc1ccccc1Cl.Cl. The fraction of sp³-hybridized carbons (Fsp3) is 0.500. The zero-order valence-electron chi connectivity index (χ0n) is 11.4. The molecule has 0 aliphatic carbocycles. The molecule has 0 saturated carbocycles. The molecular formula is C14H20Cl2N2OS. The molecule has 6 heteroatoms. The topological polar surface area (TPSA) is 41.1 Å². The first kappa shape index (κ1) is 17.6. The monoisotopic (exact) mass is 334 g/mol. The van der Waals surface area contributed by atoms with Crippen molar-refractivity contribution in [3.8, 4) is 0 Å². The highest BCUT2D eigenvalue weighted by Gasteiger charge is 2.22. The number of nitrogens with one attached hydrogen (secondary N) is 2. The van der Waals surface area contributed by atoms with Crippen molar-refractivity contribution >= 4 is 41.7 Å². The summed E-state index contributed by atoms with van der Waals surface area (Å²) >= 11 is 7.55.